The summed E-state index contributed by atoms with van der Waals surface area (Å²) in [5.74, 6) is -4.10. The number of esters is 4. The number of rotatable bonds is 1. The normalized spacial score (nSPS) is 15.7. The Kier molecular flexibility index (Phi) is 3.08. The lowest BCUT2D eigenvalue weighted by molar-refractivity contribution is -0.137. The zero-order chi connectivity index (χ0) is 18.8. The summed E-state index contributed by atoms with van der Waals surface area (Å²) in [5.41, 5.74) is -2.39. The number of carbonyl (C=O) groups excluding carboxylic acids is 4. The minimum absolute atomic E-state index is 0.0319. The van der Waals surface area contributed by atoms with Crippen molar-refractivity contribution in [3.63, 3.8) is 0 Å². The van der Waals surface area contributed by atoms with Crippen molar-refractivity contribution in [1.29, 1.82) is 0 Å². The van der Waals surface area contributed by atoms with E-state index in [1.807, 2.05) is 0 Å². The lowest BCUT2D eigenvalue weighted by Gasteiger charge is -2.12. The number of carbonyl (C=O) groups is 4. The van der Waals surface area contributed by atoms with Gasteiger partial charge in [0.2, 0.25) is 0 Å². The second-order valence-corrected chi connectivity index (χ2v) is 5.56. The molecule has 0 atom stereocenters. The highest BCUT2D eigenvalue weighted by atomic mass is 19.4. The first kappa shape index (κ1) is 16.0. The van der Waals surface area contributed by atoms with Crippen molar-refractivity contribution in [2.24, 2.45) is 0 Å². The van der Waals surface area contributed by atoms with Crippen LogP contribution in [0.2, 0.25) is 0 Å². The van der Waals surface area contributed by atoms with Gasteiger partial charge in [0, 0.05) is 0 Å². The number of hydrogen-bond acceptors (Lipinski definition) is 6. The van der Waals surface area contributed by atoms with Crippen LogP contribution >= 0.6 is 0 Å². The van der Waals surface area contributed by atoms with Crippen molar-refractivity contribution in [3.05, 3.63) is 58.1 Å². The molecule has 2 aromatic carbocycles. The summed E-state index contributed by atoms with van der Waals surface area (Å²) in [6.07, 6.45) is -4.78. The highest BCUT2D eigenvalue weighted by Crippen LogP contribution is 2.39. The molecule has 0 bridgehead atoms. The SMILES string of the molecule is O=C1OC(=O)c2cc(-c3cc(C(F)(F)F)cc4c3C(=O)OC4=O)ccc21. The minimum atomic E-state index is -4.78. The first-order valence-corrected chi connectivity index (χ1v) is 7.09. The Balaban J connectivity index is 1.99. The van der Waals surface area contributed by atoms with Gasteiger partial charge in [-0.1, -0.05) is 6.07 Å². The van der Waals surface area contributed by atoms with Gasteiger partial charge in [-0.15, -0.1) is 0 Å². The van der Waals surface area contributed by atoms with E-state index in [2.05, 4.69) is 9.47 Å². The maximum Gasteiger partial charge on any atom is 0.416 e. The van der Waals surface area contributed by atoms with E-state index in [0.29, 0.717) is 12.1 Å². The molecule has 4 rings (SSSR count). The molecule has 0 aliphatic carbocycles. The molecule has 0 fully saturated rings. The van der Waals surface area contributed by atoms with Gasteiger partial charge in [0.05, 0.1) is 27.8 Å². The third-order valence-corrected chi connectivity index (χ3v) is 4.03. The van der Waals surface area contributed by atoms with Crippen LogP contribution in [0.4, 0.5) is 13.2 Å². The quantitative estimate of drug-likeness (QED) is 0.573. The van der Waals surface area contributed by atoms with Crippen molar-refractivity contribution in [2.75, 3.05) is 0 Å². The van der Waals surface area contributed by atoms with Gasteiger partial charge in [0.15, 0.2) is 0 Å². The van der Waals surface area contributed by atoms with E-state index in [-0.39, 0.29) is 27.8 Å². The summed E-state index contributed by atoms with van der Waals surface area (Å²) in [4.78, 5) is 46.8. The first-order valence-electron chi connectivity index (χ1n) is 7.09. The Labute approximate surface area is 142 Å². The van der Waals surface area contributed by atoms with Crippen LogP contribution in [0, 0.1) is 0 Å². The topological polar surface area (TPSA) is 86.7 Å². The van der Waals surface area contributed by atoms with Crippen molar-refractivity contribution in [2.45, 2.75) is 6.18 Å². The Bertz CT molecular complexity index is 1050. The van der Waals surface area contributed by atoms with Crippen LogP contribution in [-0.4, -0.2) is 23.9 Å². The molecule has 2 aliphatic heterocycles. The number of ether oxygens (including phenoxy) is 2. The molecular formula is C17H5F3O6. The van der Waals surface area contributed by atoms with Gasteiger partial charge in [-0.05, 0) is 35.4 Å². The molecule has 2 aromatic rings. The predicted octanol–water partition coefficient (Wildman–Crippen LogP) is 2.99. The van der Waals surface area contributed by atoms with Crippen molar-refractivity contribution in [1.82, 2.24) is 0 Å². The van der Waals surface area contributed by atoms with E-state index >= 15 is 0 Å². The Morgan fingerprint density at radius 1 is 0.654 bits per heavy atom. The zero-order valence-corrected chi connectivity index (χ0v) is 12.5. The fourth-order valence-corrected chi connectivity index (χ4v) is 2.86. The summed E-state index contributed by atoms with van der Waals surface area (Å²) in [7, 11) is 0. The Hall–Kier alpha value is -3.49. The molecule has 0 spiro atoms. The molecule has 0 radical (unpaired) electrons. The molecule has 0 N–H and O–H groups in total. The maximum atomic E-state index is 13.2. The van der Waals surface area contributed by atoms with Gasteiger partial charge < -0.3 is 9.47 Å². The summed E-state index contributed by atoms with van der Waals surface area (Å²) < 4.78 is 48.3. The van der Waals surface area contributed by atoms with Gasteiger partial charge >= 0.3 is 30.1 Å². The Morgan fingerprint density at radius 2 is 1.23 bits per heavy atom. The molecular weight excluding hydrogens is 357 g/mol. The lowest BCUT2D eigenvalue weighted by Crippen LogP contribution is -2.08. The smallest absolute Gasteiger partial charge is 0.386 e. The van der Waals surface area contributed by atoms with Crippen LogP contribution in [0.25, 0.3) is 11.1 Å². The van der Waals surface area contributed by atoms with E-state index in [1.165, 1.54) is 12.1 Å². The second-order valence-electron chi connectivity index (χ2n) is 5.56. The van der Waals surface area contributed by atoms with E-state index < -0.39 is 41.2 Å². The number of alkyl halides is 3. The Morgan fingerprint density at radius 3 is 1.92 bits per heavy atom. The van der Waals surface area contributed by atoms with Crippen LogP contribution in [0.3, 0.4) is 0 Å². The molecule has 0 amide bonds. The average Bonchev–Trinajstić information content (AvgIpc) is 3.02. The molecule has 6 nitrogen and oxygen atoms in total. The molecule has 130 valence electrons. The van der Waals surface area contributed by atoms with Crippen LogP contribution in [-0.2, 0) is 15.7 Å². The summed E-state index contributed by atoms with van der Waals surface area (Å²) in [5, 5.41) is 0. The van der Waals surface area contributed by atoms with E-state index in [4.69, 9.17) is 0 Å². The standard InChI is InChI=1S/C17H5F3O6/c18-17(19,20)7-4-9(12-11(5-7)15(23)26-16(12)24)6-1-2-8-10(3-6)14(22)25-13(8)21/h1-5H. The van der Waals surface area contributed by atoms with Gasteiger partial charge in [-0.3, -0.25) is 0 Å². The monoisotopic (exact) mass is 362 g/mol. The molecule has 0 saturated heterocycles. The number of benzene rings is 2. The van der Waals surface area contributed by atoms with Crippen molar-refractivity contribution >= 4 is 23.9 Å². The summed E-state index contributed by atoms with van der Waals surface area (Å²) in [6.45, 7) is 0. The van der Waals surface area contributed by atoms with Crippen LogP contribution in [0.15, 0.2) is 30.3 Å². The van der Waals surface area contributed by atoms with E-state index in [0.717, 1.165) is 6.07 Å². The largest absolute Gasteiger partial charge is 0.416 e. The molecule has 2 aliphatic rings. The third kappa shape index (κ3) is 2.20. The average molecular weight is 362 g/mol. The third-order valence-electron chi connectivity index (χ3n) is 4.03. The summed E-state index contributed by atoms with van der Waals surface area (Å²) >= 11 is 0. The fourth-order valence-electron chi connectivity index (χ4n) is 2.86. The van der Waals surface area contributed by atoms with E-state index in [1.54, 1.807) is 0 Å². The number of halogens is 3. The molecule has 9 heteroatoms. The predicted molar refractivity (Wildman–Crippen MR) is 76.4 cm³/mol. The fraction of sp³-hybridized carbons (Fsp3) is 0.0588. The van der Waals surface area contributed by atoms with Gasteiger partial charge in [-0.25, -0.2) is 19.2 Å². The lowest BCUT2D eigenvalue weighted by atomic mass is 9.92. The number of hydrogen-bond donors (Lipinski definition) is 0. The van der Waals surface area contributed by atoms with Crippen molar-refractivity contribution < 1.29 is 41.8 Å². The molecule has 2 heterocycles. The highest BCUT2D eigenvalue weighted by Gasteiger charge is 2.39. The number of fused-ring (bicyclic) bond motifs is 2. The second kappa shape index (κ2) is 5.01. The summed E-state index contributed by atoms with van der Waals surface area (Å²) in [6, 6.07) is 4.81. The van der Waals surface area contributed by atoms with Crippen molar-refractivity contribution in [3.8, 4) is 11.1 Å². The molecule has 0 unspecified atom stereocenters. The van der Waals surface area contributed by atoms with Gasteiger partial charge in [-0.2, -0.15) is 13.2 Å². The first-order chi connectivity index (χ1) is 12.2. The van der Waals surface area contributed by atoms with Gasteiger partial charge in [0.1, 0.15) is 0 Å². The van der Waals surface area contributed by atoms with E-state index in [9.17, 15) is 32.3 Å². The highest BCUT2D eigenvalue weighted by molar-refractivity contribution is 6.19. The van der Waals surface area contributed by atoms with Gasteiger partial charge in [0.25, 0.3) is 0 Å². The molecule has 0 saturated carbocycles. The maximum absolute atomic E-state index is 13.2. The van der Waals surface area contributed by atoms with Crippen LogP contribution in [0.1, 0.15) is 47.0 Å². The number of cyclic esters (lactones) is 4. The zero-order valence-electron chi connectivity index (χ0n) is 12.5. The molecule has 0 aromatic heterocycles. The molecule has 26 heavy (non-hydrogen) atoms. The van der Waals surface area contributed by atoms with Crippen LogP contribution in [0.5, 0.6) is 0 Å². The minimum Gasteiger partial charge on any atom is -0.386 e. The van der Waals surface area contributed by atoms with Crippen LogP contribution < -0.4 is 0 Å².